The van der Waals surface area contributed by atoms with E-state index in [9.17, 15) is 0 Å². The van der Waals surface area contributed by atoms with Crippen LogP contribution in [0.25, 0.3) is 0 Å². The quantitative estimate of drug-likeness (QED) is 0.131. The molecule has 0 aliphatic heterocycles. The van der Waals surface area contributed by atoms with Gasteiger partial charge in [-0.05, 0) is 0 Å². The van der Waals surface area contributed by atoms with Gasteiger partial charge in [-0.3, -0.25) is 0 Å². The van der Waals surface area contributed by atoms with Crippen LogP contribution in [0.5, 0.6) is 0 Å². The van der Waals surface area contributed by atoms with E-state index in [0.29, 0.717) is 60.3 Å². The summed E-state index contributed by atoms with van der Waals surface area (Å²) in [6.07, 6.45) is 0. The molecule has 0 fully saturated rings. The van der Waals surface area contributed by atoms with Crippen LogP contribution in [0.15, 0.2) is 0 Å². The molecule has 0 aliphatic carbocycles. The van der Waals surface area contributed by atoms with Gasteiger partial charge in [-0.25, -0.2) is 0 Å². The zero-order chi connectivity index (χ0) is 9.23. The van der Waals surface area contributed by atoms with Crippen LogP contribution in [0.2, 0.25) is 0 Å². The molecule has 0 saturated carbocycles. The van der Waals surface area contributed by atoms with Crippen LogP contribution >= 0.6 is 49.2 Å². The summed E-state index contributed by atoms with van der Waals surface area (Å²) in [5.41, 5.74) is 0. The predicted octanol–water partition coefficient (Wildman–Crippen LogP) is -7.77. The molecular weight excluding hydrogens is 755 g/mol. The fourth-order valence-electron chi connectivity index (χ4n) is 0.182. The van der Waals surface area contributed by atoms with Crippen molar-refractivity contribution in [2.24, 2.45) is 0 Å². The number of hydrogen-bond donors (Lipinski definition) is 0. The molecule has 0 amide bonds. The average molecular weight is 765 g/mol. The molecule has 0 rings (SSSR count). The maximum absolute atomic E-state index is 2.98. The summed E-state index contributed by atoms with van der Waals surface area (Å²) in [5, 5.41) is 0. The van der Waals surface area contributed by atoms with Crippen molar-refractivity contribution in [1.82, 2.24) is 0 Å². The zero-order valence-electron chi connectivity index (χ0n) is 5.69. The first-order valence-electron chi connectivity index (χ1n) is 2.32. The van der Waals surface area contributed by atoms with E-state index in [4.69, 9.17) is 0 Å². The zero-order valence-corrected chi connectivity index (χ0v) is 22.7. The van der Waals surface area contributed by atoms with E-state index in [2.05, 4.69) is 26.8 Å². The summed E-state index contributed by atoms with van der Waals surface area (Å²) in [6.45, 7) is 0. The van der Waals surface area contributed by atoms with E-state index in [1.54, 1.807) is 0 Å². The first-order chi connectivity index (χ1) is 5.85. The molecule has 12 heteroatoms. The molecule has 0 nitrogen and oxygen atoms in total. The van der Waals surface area contributed by atoms with Crippen molar-refractivity contribution in [1.29, 1.82) is 0 Å². The molecule has 7 unspecified atom stereocenters. The topological polar surface area (TPSA) is 0 Å². The van der Waals surface area contributed by atoms with Gasteiger partial charge in [0.05, 0.1) is 0 Å². The Bertz CT molecular complexity index is 81.1. The molecule has 0 aliphatic rings. The van der Waals surface area contributed by atoms with Gasteiger partial charge in [0, 0.05) is 0 Å². The number of rotatable bonds is 8. The summed E-state index contributed by atoms with van der Waals surface area (Å²) in [5.74, 6) is 3.82. The van der Waals surface area contributed by atoms with Gasteiger partial charge in [0.1, 0.15) is 0 Å². The van der Waals surface area contributed by atoms with Gasteiger partial charge in [-0.15, -0.1) is 0 Å². The van der Waals surface area contributed by atoms with Crippen molar-refractivity contribution in [2.75, 3.05) is 0 Å². The van der Waals surface area contributed by atoms with Crippen LogP contribution in [0.1, 0.15) is 0 Å². The second-order valence-electron chi connectivity index (χ2n) is 0.938. The van der Waals surface area contributed by atoms with Crippen LogP contribution in [-0.4, -0.2) is 0 Å². The van der Waals surface area contributed by atoms with E-state index in [1.165, 1.54) is 21.6 Å². The Morgan fingerprint density at radius 3 is 1.83 bits per heavy atom. The van der Waals surface area contributed by atoms with E-state index in [1.807, 2.05) is 0 Å². The Morgan fingerprint density at radius 1 is 0.833 bits per heavy atom. The fraction of sp³-hybridized carbons (Fsp3) is 0. The van der Waals surface area contributed by atoms with Crippen LogP contribution < -0.4 is 80.4 Å². The van der Waals surface area contributed by atoms with Crippen molar-refractivity contribution in [2.45, 2.75) is 0 Å². The molecule has 7 atom stereocenters. The monoisotopic (exact) mass is 765 g/mol. The first-order valence-corrected chi connectivity index (χ1v) is 37.0. The number of hydrogen-bond acceptors (Lipinski definition) is 0. The minimum atomic E-state index is 0.683. The third kappa shape index (κ3) is 12.8. The molecular formula is H10I4P8-4. The predicted molar refractivity (Wildman–Crippen MR) is 69.3 cm³/mol. The Hall–Kier alpha value is 6.36. The maximum atomic E-state index is 2.98. The van der Waals surface area contributed by atoms with Crippen LogP contribution in [-0.2, 0) is 0 Å². The van der Waals surface area contributed by atoms with Gasteiger partial charge >= 0.3 is 130 Å². The second-order valence-corrected chi connectivity index (χ2v) is 76.3. The Morgan fingerprint density at radius 2 is 1.42 bits per heavy atom. The standard InChI is InChI=1S/H10I4P8/c5-9-1-8-2-12(3-10-6)4-11-7/h8-11H,5-7H2/q-4. The van der Waals surface area contributed by atoms with E-state index in [0.717, 1.165) is 21.0 Å². The van der Waals surface area contributed by atoms with E-state index >= 15 is 0 Å². The van der Waals surface area contributed by atoms with Gasteiger partial charge in [0.2, 0.25) is 0 Å². The van der Waals surface area contributed by atoms with Crippen LogP contribution in [0.3, 0.4) is 0 Å². The van der Waals surface area contributed by atoms with Crippen molar-refractivity contribution in [3.63, 3.8) is 0 Å². The molecule has 0 aromatic heterocycles. The van der Waals surface area contributed by atoms with Crippen molar-refractivity contribution in [3.05, 3.63) is 0 Å². The molecule has 0 saturated heterocycles. The summed E-state index contributed by atoms with van der Waals surface area (Å²) < 4.78 is 2.29. The first kappa shape index (κ1) is 18.4. The normalized spacial score (nSPS) is 18.6. The molecule has 0 spiro atoms. The summed E-state index contributed by atoms with van der Waals surface area (Å²) >= 11 is 2.85. The summed E-state index contributed by atoms with van der Waals surface area (Å²) in [4.78, 5) is 0. The van der Waals surface area contributed by atoms with E-state index in [-0.39, 0.29) is 0 Å². The van der Waals surface area contributed by atoms with Gasteiger partial charge in [-0.1, -0.05) is 0 Å². The van der Waals surface area contributed by atoms with Crippen LogP contribution in [0.4, 0.5) is 0 Å². The average Bonchev–Trinajstić information content (AvgIpc) is 2.06. The van der Waals surface area contributed by atoms with Crippen molar-refractivity contribution < 1.29 is 80.4 Å². The van der Waals surface area contributed by atoms with Gasteiger partial charge < -0.3 is 0 Å². The molecule has 0 aromatic rings. The summed E-state index contributed by atoms with van der Waals surface area (Å²) in [7, 11) is 8.91. The Labute approximate surface area is 127 Å². The van der Waals surface area contributed by atoms with Gasteiger partial charge in [0.25, 0.3) is 0 Å². The van der Waals surface area contributed by atoms with Gasteiger partial charge in [0.15, 0.2) is 0 Å². The van der Waals surface area contributed by atoms with Crippen LogP contribution in [0, 0.1) is 0 Å². The second kappa shape index (κ2) is 15.4. The van der Waals surface area contributed by atoms with Crippen molar-refractivity contribution in [3.8, 4) is 0 Å². The molecule has 0 radical (unpaired) electrons. The third-order valence-electron chi connectivity index (χ3n) is 0.411. The molecule has 0 N–H and O–H groups in total. The number of halogens is 4. The fourth-order valence-corrected chi connectivity index (χ4v) is 258. The SMILES string of the molecule is PP[I-]P[I-]P([I-]PP)[I-]PP. The Balaban J connectivity index is 3.34. The molecule has 0 aromatic carbocycles. The molecule has 12 heavy (non-hydrogen) atoms. The van der Waals surface area contributed by atoms with Gasteiger partial charge in [-0.2, -0.15) is 0 Å². The van der Waals surface area contributed by atoms with Crippen molar-refractivity contribution >= 4 is 49.2 Å². The summed E-state index contributed by atoms with van der Waals surface area (Å²) in [6, 6.07) is 0. The minimum absolute atomic E-state index is 0.683. The Kier molecular flexibility index (Phi) is 23.6. The third-order valence-corrected chi connectivity index (χ3v) is 133. The molecule has 0 heterocycles. The molecule has 82 valence electrons. The van der Waals surface area contributed by atoms with E-state index < -0.39 is 0 Å². The molecule has 0 bridgehead atoms.